The number of hydrogen-bond acceptors (Lipinski definition) is 4. The van der Waals surface area contributed by atoms with E-state index in [4.69, 9.17) is 26.8 Å². The molecule has 2 atom stereocenters. The van der Waals surface area contributed by atoms with Crippen LogP contribution in [0.25, 0.3) is 11.1 Å². The minimum atomic E-state index is -0.380. The third-order valence-electron chi connectivity index (χ3n) is 4.42. The maximum atomic E-state index is 14.0. The molecule has 6 heteroatoms. The molecule has 2 N–H and O–H groups in total. The van der Waals surface area contributed by atoms with Crippen molar-refractivity contribution >= 4 is 17.6 Å². The Morgan fingerprint density at radius 3 is 2.50 bits per heavy atom. The summed E-state index contributed by atoms with van der Waals surface area (Å²) in [5.74, 6) is -0.977. The number of carbonyl (C=O) groups is 1. The van der Waals surface area contributed by atoms with E-state index in [0.717, 1.165) is 11.1 Å². The van der Waals surface area contributed by atoms with Crippen molar-refractivity contribution in [2.24, 2.45) is 11.7 Å². The molecular weight excluding hydrogens is 381 g/mol. The standard InChI is InChI=1S/C22H27ClFNO3/c1-3-27-14-17(22(26)28-4-2)12-19(25)11-15-5-7-16(8-6-15)20-13-18(23)9-10-21(20)24/h5-10,13,17,19H,3-4,11-12,14,25H2,1-2H3. The molecule has 0 heterocycles. The van der Waals surface area contributed by atoms with E-state index < -0.39 is 0 Å². The first-order chi connectivity index (χ1) is 13.4. The largest absolute Gasteiger partial charge is 0.466 e. The molecular formula is C22H27ClFNO3. The smallest absolute Gasteiger partial charge is 0.311 e. The van der Waals surface area contributed by atoms with Gasteiger partial charge in [0.15, 0.2) is 0 Å². The first kappa shape index (κ1) is 22.3. The van der Waals surface area contributed by atoms with E-state index in [-0.39, 0.29) is 23.7 Å². The molecule has 2 rings (SSSR count). The Morgan fingerprint density at radius 1 is 1.14 bits per heavy atom. The van der Waals surface area contributed by atoms with Gasteiger partial charge in [0.05, 0.1) is 19.1 Å². The van der Waals surface area contributed by atoms with Crippen molar-refractivity contribution in [3.05, 3.63) is 58.9 Å². The van der Waals surface area contributed by atoms with Crippen LogP contribution in [0.3, 0.4) is 0 Å². The van der Waals surface area contributed by atoms with Crippen LogP contribution in [-0.4, -0.2) is 31.8 Å². The highest BCUT2D eigenvalue weighted by molar-refractivity contribution is 6.30. The van der Waals surface area contributed by atoms with E-state index in [0.29, 0.717) is 43.2 Å². The van der Waals surface area contributed by atoms with Gasteiger partial charge in [0.1, 0.15) is 5.82 Å². The number of esters is 1. The van der Waals surface area contributed by atoms with Crippen LogP contribution in [0.1, 0.15) is 25.8 Å². The maximum absolute atomic E-state index is 14.0. The van der Waals surface area contributed by atoms with Crippen LogP contribution >= 0.6 is 11.6 Å². The highest BCUT2D eigenvalue weighted by Gasteiger charge is 2.23. The lowest BCUT2D eigenvalue weighted by Gasteiger charge is -2.19. The Labute approximate surface area is 170 Å². The normalized spacial score (nSPS) is 13.2. The first-order valence-corrected chi connectivity index (χ1v) is 9.86. The van der Waals surface area contributed by atoms with Gasteiger partial charge in [-0.3, -0.25) is 4.79 Å². The lowest BCUT2D eigenvalue weighted by molar-refractivity contribution is -0.150. The number of rotatable bonds is 10. The highest BCUT2D eigenvalue weighted by Crippen LogP contribution is 2.26. The summed E-state index contributed by atoms with van der Waals surface area (Å²) >= 11 is 5.97. The molecule has 0 aliphatic carbocycles. The molecule has 0 bridgehead atoms. The van der Waals surface area contributed by atoms with Gasteiger partial charge >= 0.3 is 5.97 Å². The van der Waals surface area contributed by atoms with Gasteiger partial charge in [-0.05, 0) is 56.0 Å². The number of ether oxygens (including phenoxy) is 2. The van der Waals surface area contributed by atoms with E-state index in [9.17, 15) is 9.18 Å². The molecule has 152 valence electrons. The minimum absolute atomic E-state index is 0.219. The Morgan fingerprint density at radius 2 is 1.86 bits per heavy atom. The lowest BCUT2D eigenvalue weighted by atomic mass is 9.95. The summed E-state index contributed by atoms with van der Waals surface area (Å²) in [4.78, 5) is 12.1. The van der Waals surface area contributed by atoms with Crippen LogP contribution in [0.15, 0.2) is 42.5 Å². The number of benzene rings is 2. The zero-order valence-corrected chi connectivity index (χ0v) is 17.0. The Hall–Kier alpha value is -1.95. The molecule has 0 aliphatic heterocycles. The zero-order valence-electron chi connectivity index (χ0n) is 16.3. The van der Waals surface area contributed by atoms with Crippen molar-refractivity contribution < 1.29 is 18.7 Å². The van der Waals surface area contributed by atoms with Gasteiger partial charge in [0.25, 0.3) is 0 Å². The molecule has 0 aromatic heterocycles. The maximum Gasteiger partial charge on any atom is 0.311 e. The fourth-order valence-corrected chi connectivity index (χ4v) is 3.22. The van der Waals surface area contributed by atoms with E-state index in [1.165, 1.54) is 12.1 Å². The van der Waals surface area contributed by atoms with E-state index >= 15 is 0 Å². The average Bonchev–Trinajstić information content (AvgIpc) is 2.68. The van der Waals surface area contributed by atoms with Crippen molar-refractivity contribution in [3.8, 4) is 11.1 Å². The van der Waals surface area contributed by atoms with Gasteiger partial charge in [-0.15, -0.1) is 0 Å². The molecule has 0 saturated carbocycles. The summed E-state index contributed by atoms with van der Waals surface area (Å²) in [6, 6.07) is 11.8. The average molecular weight is 408 g/mol. The van der Waals surface area contributed by atoms with Crippen molar-refractivity contribution in [3.63, 3.8) is 0 Å². The molecule has 0 amide bonds. The van der Waals surface area contributed by atoms with Gasteiger partial charge < -0.3 is 15.2 Å². The molecule has 4 nitrogen and oxygen atoms in total. The SMILES string of the molecule is CCOCC(CC(N)Cc1ccc(-c2cc(Cl)ccc2F)cc1)C(=O)OCC. The van der Waals surface area contributed by atoms with Gasteiger partial charge in [-0.1, -0.05) is 35.9 Å². The van der Waals surface area contributed by atoms with Gasteiger partial charge in [-0.25, -0.2) is 4.39 Å². The monoisotopic (exact) mass is 407 g/mol. The number of hydrogen-bond donors (Lipinski definition) is 1. The Bertz CT molecular complexity index is 767. The third kappa shape index (κ3) is 6.59. The summed E-state index contributed by atoms with van der Waals surface area (Å²) in [6.45, 7) is 4.83. The summed E-state index contributed by atoms with van der Waals surface area (Å²) in [5, 5.41) is 0.488. The van der Waals surface area contributed by atoms with E-state index in [1.54, 1.807) is 13.0 Å². The number of halogens is 2. The van der Waals surface area contributed by atoms with Gasteiger partial charge in [0, 0.05) is 23.2 Å². The van der Waals surface area contributed by atoms with Gasteiger partial charge in [0.2, 0.25) is 0 Å². The van der Waals surface area contributed by atoms with E-state index in [1.807, 2.05) is 31.2 Å². The highest BCUT2D eigenvalue weighted by atomic mass is 35.5. The second kappa shape index (κ2) is 11.1. The van der Waals surface area contributed by atoms with Gasteiger partial charge in [-0.2, -0.15) is 0 Å². The molecule has 0 radical (unpaired) electrons. The molecule has 2 aromatic carbocycles. The molecule has 0 spiro atoms. The van der Waals surface area contributed by atoms with Crippen LogP contribution in [0, 0.1) is 11.7 Å². The second-order valence-corrected chi connectivity index (χ2v) is 7.07. The Balaban J connectivity index is 2.01. The predicted molar refractivity (Wildman–Crippen MR) is 110 cm³/mol. The van der Waals surface area contributed by atoms with Crippen LogP contribution in [-0.2, 0) is 20.7 Å². The number of nitrogens with two attached hydrogens (primary N) is 1. The molecule has 0 saturated heterocycles. The van der Waals surface area contributed by atoms with Crippen molar-refractivity contribution in [1.82, 2.24) is 0 Å². The molecule has 0 aliphatic rings. The van der Waals surface area contributed by atoms with Crippen LogP contribution < -0.4 is 5.73 Å². The van der Waals surface area contributed by atoms with Crippen LogP contribution in [0.2, 0.25) is 5.02 Å². The fourth-order valence-electron chi connectivity index (χ4n) is 3.04. The van der Waals surface area contributed by atoms with E-state index in [2.05, 4.69) is 0 Å². The minimum Gasteiger partial charge on any atom is -0.466 e. The first-order valence-electron chi connectivity index (χ1n) is 9.48. The predicted octanol–water partition coefficient (Wildman–Crippen LogP) is 4.62. The molecule has 2 aromatic rings. The topological polar surface area (TPSA) is 61.5 Å². The third-order valence-corrected chi connectivity index (χ3v) is 4.66. The summed E-state index contributed by atoms with van der Waals surface area (Å²) in [5.41, 5.74) is 8.49. The zero-order chi connectivity index (χ0) is 20.5. The van der Waals surface area contributed by atoms with Crippen LogP contribution in [0.5, 0.6) is 0 Å². The summed E-state index contributed by atoms with van der Waals surface area (Å²) in [7, 11) is 0. The van der Waals surface area contributed by atoms with Crippen molar-refractivity contribution in [1.29, 1.82) is 0 Å². The molecule has 0 fully saturated rings. The number of carbonyl (C=O) groups excluding carboxylic acids is 1. The fraction of sp³-hybridized carbons (Fsp3) is 0.409. The second-order valence-electron chi connectivity index (χ2n) is 6.63. The molecule has 2 unspecified atom stereocenters. The Kier molecular flexibility index (Phi) is 8.90. The summed E-state index contributed by atoms with van der Waals surface area (Å²) in [6.07, 6.45) is 1.07. The van der Waals surface area contributed by atoms with Crippen molar-refractivity contribution in [2.75, 3.05) is 19.8 Å². The van der Waals surface area contributed by atoms with Crippen molar-refractivity contribution in [2.45, 2.75) is 32.7 Å². The van der Waals surface area contributed by atoms with Crippen LogP contribution in [0.4, 0.5) is 4.39 Å². The summed E-state index contributed by atoms with van der Waals surface area (Å²) < 4.78 is 24.5. The lowest BCUT2D eigenvalue weighted by Crippen LogP contribution is -2.32. The molecule has 28 heavy (non-hydrogen) atoms. The quantitative estimate of drug-likeness (QED) is 0.583.